The number of fused-ring (bicyclic) bond motifs is 1. The predicted octanol–water partition coefficient (Wildman–Crippen LogP) is 3.27. The Balaban J connectivity index is 1.34. The van der Waals surface area contributed by atoms with Gasteiger partial charge < -0.3 is 9.80 Å². The van der Waals surface area contributed by atoms with Gasteiger partial charge in [-0.3, -0.25) is 4.72 Å². The van der Waals surface area contributed by atoms with E-state index in [1.54, 1.807) is 0 Å². The molecule has 1 saturated heterocycles. The summed E-state index contributed by atoms with van der Waals surface area (Å²) in [4.78, 5) is 4.94. The summed E-state index contributed by atoms with van der Waals surface area (Å²) < 4.78 is 38.7. The van der Waals surface area contributed by atoms with E-state index in [0.29, 0.717) is 11.7 Å². The van der Waals surface area contributed by atoms with Crippen LogP contribution >= 0.6 is 0 Å². The third-order valence-corrected chi connectivity index (χ3v) is 6.55. The molecule has 0 aliphatic carbocycles. The van der Waals surface area contributed by atoms with Crippen LogP contribution in [0, 0.1) is 5.82 Å². The molecule has 7 heteroatoms. The van der Waals surface area contributed by atoms with Gasteiger partial charge in [0.15, 0.2) is 0 Å². The summed E-state index contributed by atoms with van der Waals surface area (Å²) in [6, 6.07) is 13.1. The molecule has 2 aliphatic heterocycles. The Hall–Kier alpha value is -2.12. The van der Waals surface area contributed by atoms with E-state index in [1.165, 1.54) is 35.2 Å². The number of hydrogen-bond acceptors (Lipinski definition) is 4. The first-order chi connectivity index (χ1) is 13.9. The number of anilines is 2. The molecule has 5 nitrogen and oxygen atoms in total. The van der Waals surface area contributed by atoms with Gasteiger partial charge in [-0.25, -0.2) is 12.8 Å². The third kappa shape index (κ3) is 5.08. The van der Waals surface area contributed by atoms with Gasteiger partial charge in [0.25, 0.3) is 0 Å². The Labute approximate surface area is 172 Å². The molecule has 156 valence electrons. The van der Waals surface area contributed by atoms with Gasteiger partial charge in [0.2, 0.25) is 10.0 Å². The van der Waals surface area contributed by atoms with E-state index in [9.17, 15) is 12.8 Å². The van der Waals surface area contributed by atoms with Crippen LogP contribution in [0.3, 0.4) is 0 Å². The average molecular weight is 418 g/mol. The predicted molar refractivity (Wildman–Crippen MR) is 116 cm³/mol. The lowest BCUT2D eigenvalue weighted by atomic mass is 10.0. The van der Waals surface area contributed by atoms with Crippen LogP contribution in [0.1, 0.15) is 24.0 Å². The molecule has 0 unspecified atom stereocenters. The van der Waals surface area contributed by atoms with Crippen LogP contribution in [0.25, 0.3) is 0 Å². The lowest BCUT2D eigenvalue weighted by Crippen LogP contribution is -2.45. The summed E-state index contributed by atoms with van der Waals surface area (Å²) in [6.45, 7) is 4.10. The molecule has 0 bridgehead atoms. The number of likely N-dealkylation sites (tertiary alicyclic amines) is 1. The molecule has 0 atom stereocenters. The highest BCUT2D eigenvalue weighted by Gasteiger charge is 2.29. The van der Waals surface area contributed by atoms with Gasteiger partial charge in [0, 0.05) is 37.9 Å². The van der Waals surface area contributed by atoms with E-state index in [4.69, 9.17) is 0 Å². The highest BCUT2D eigenvalue weighted by molar-refractivity contribution is 7.92. The molecular weight excluding hydrogens is 389 g/mol. The highest BCUT2D eigenvalue weighted by atomic mass is 32.2. The monoisotopic (exact) mass is 417 g/mol. The maximum absolute atomic E-state index is 13.0. The number of nitrogens with zero attached hydrogens (tertiary/aromatic N) is 2. The molecule has 1 N–H and O–H groups in total. The van der Waals surface area contributed by atoms with Crippen LogP contribution in [0.5, 0.6) is 0 Å². The molecule has 0 saturated carbocycles. The second-order valence-electron chi connectivity index (χ2n) is 8.11. The molecule has 2 heterocycles. The van der Waals surface area contributed by atoms with Gasteiger partial charge in [0.1, 0.15) is 5.82 Å². The van der Waals surface area contributed by atoms with Gasteiger partial charge >= 0.3 is 0 Å². The van der Waals surface area contributed by atoms with Gasteiger partial charge in [-0.05, 0) is 61.1 Å². The van der Waals surface area contributed by atoms with Gasteiger partial charge in [0.05, 0.1) is 11.9 Å². The fourth-order valence-corrected chi connectivity index (χ4v) is 5.01. The summed E-state index contributed by atoms with van der Waals surface area (Å²) in [7, 11) is -3.27. The highest BCUT2D eigenvalue weighted by Crippen LogP contribution is 2.35. The smallest absolute Gasteiger partial charge is 0.229 e. The van der Waals surface area contributed by atoms with Crippen LogP contribution in [-0.4, -0.2) is 51.8 Å². The number of benzene rings is 2. The second kappa shape index (κ2) is 8.32. The summed E-state index contributed by atoms with van der Waals surface area (Å²) in [5.41, 5.74) is 4.27. The summed E-state index contributed by atoms with van der Waals surface area (Å²) in [5.74, 6) is -0.185. The molecular formula is C22H28FN3O2S. The molecule has 0 aromatic heterocycles. The van der Waals surface area contributed by atoms with Crippen molar-refractivity contribution >= 4 is 21.4 Å². The lowest BCUT2D eigenvalue weighted by molar-refractivity contribution is 0.212. The molecule has 2 aliphatic rings. The molecule has 0 amide bonds. The Morgan fingerprint density at radius 2 is 1.79 bits per heavy atom. The van der Waals surface area contributed by atoms with Crippen LogP contribution in [-0.2, 0) is 22.9 Å². The van der Waals surface area contributed by atoms with E-state index in [2.05, 4.69) is 14.5 Å². The Bertz CT molecular complexity index is 955. The number of hydrogen-bond donors (Lipinski definition) is 1. The van der Waals surface area contributed by atoms with Crippen LogP contribution in [0.4, 0.5) is 15.8 Å². The van der Waals surface area contributed by atoms with Crippen molar-refractivity contribution in [1.82, 2.24) is 4.90 Å². The SMILES string of the molecule is CS(=O)(=O)Nc1ccc2c(c1)N(C1CCN(CCc3ccc(F)cc3)CC1)CC2. The lowest BCUT2D eigenvalue weighted by Gasteiger charge is -2.38. The number of sulfonamides is 1. The molecule has 1 fully saturated rings. The minimum atomic E-state index is -3.27. The van der Waals surface area contributed by atoms with Crippen LogP contribution in [0.15, 0.2) is 42.5 Å². The van der Waals surface area contributed by atoms with Crippen LogP contribution < -0.4 is 9.62 Å². The first kappa shape index (κ1) is 20.2. The van der Waals surface area contributed by atoms with Crippen LogP contribution in [0.2, 0.25) is 0 Å². The van der Waals surface area contributed by atoms with Crippen molar-refractivity contribution < 1.29 is 12.8 Å². The number of piperidine rings is 1. The molecule has 4 rings (SSSR count). The standard InChI is InChI=1S/C22H28FN3O2S/c1-29(27,28)24-20-7-4-18-9-15-26(22(18)16-20)21-10-13-25(14-11-21)12-8-17-2-5-19(23)6-3-17/h2-7,16,21,24H,8-15H2,1H3. The number of halogens is 1. The van der Waals surface area contributed by atoms with Crippen molar-refractivity contribution in [2.45, 2.75) is 31.7 Å². The van der Waals surface area contributed by atoms with Crippen molar-refractivity contribution in [2.24, 2.45) is 0 Å². The molecule has 0 spiro atoms. The fraction of sp³-hybridized carbons (Fsp3) is 0.455. The number of nitrogens with one attached hydrogen (secondary N) is 1. The Kier molecular flexibility index (Phi) is 5.79. The summed E-state index contributed by atoms with van der Waals surface area (Å²) in [6.07, 6.45) is 5.34. The summed E-state index contributed by atoms with van der Waals surface area (Å²) >= 11 is 0. The third-order valence-electron chi connectivity index (χ3n) is 5.95. The first-order valence-electron chi connectivity index (χ1n) is 10.2. The topological polar surface area (TPSA) is 52.7 Å². The van der Waals surface area contributed by atoms with Crippen molar-refractivity contribution in [2.75, 3.05) is 42.1 Å². The number of rotatable bonds is 6. The van der Waals surface area contributed by atoms with Crippen molar-refractivity contribution in [1.29, 1.82) is 0 Å². The largest absolute Gasteiger partial charge is 0.368 e. The summed E-state index contributed by atoms with van der Waals surface area (Å²) in [5, 5.41) is 0. The Morgan fingerprint density at radius 1 is 1.07 bits per heavy atom. The van der Waals surface area contributed by atoms with E-state index in [-0.39, 0.29) is 5.82 Å². The van der Waals surface area contributed by atoms with Crippen molar-refractivity contribution in [3.05, 3.63) is 59.4 Å². The molecule has 29 heavy (non-hydrogen) atoms. The maximum atomic E-state index is 13.0. The molecule has 2 aromatic rings. The molecule has 0 radical (unpaired) electrons. The van der Waals surface area contributed by atoms with E-state index >= 15 is 0 Å². The fourth-order valence-electron chi connectivity index (χ4n) is 4.45. The maximum Gasteiger partial charge on any atom is 0.229 e. The normalized spacial score (nSPS) is 18.1. The van der Waals surface area contributed by atoms with E-state index in [1.807, 2.05) is 30.3 Å². The zero-order valence-corrected chi connectivity index (χ0v) is 17.6. The second-order valence-corrected chi connectivity index (χ2v) is 9.86. The average Bonchev–Trinajstić information content (AvgIpc) is 3.10. The first-order valence-corrected chi connectivity index (χ1v) is 12.1. The van der Waals surface area contributed by atoms with E-state index in [0.717, 1.165) is 51.9 Å². The van der Waals surface area contributed by atoms with E-state index < -0.39 is 10.0 Å². The molecule has 2 aromatic carbocycles. The van der Waals surface area contributed by atoms with Crippen molar-refractivity contribution in [3.8, 4) is 0 Å². The van der Waals surface area contributed by atoms with Gasteiger partial charge in [-0.15, -0.1) is 0 Å². The van der Waals surface area contributed by atoms with Gasteiger partial charge in [-0.1, -0.05) is 18.2 Å². The minimum absolute atomic E-state index is 0.185. The van der Waals surface area contributed by atoms with Gasteiger partial charge in [-0.2, -0.15) is 0 Å². The quantitative estimate of drug-likeness (QED) is 0.784. The Morgan fingerprint density at radius 3 is 2.48 bits per heavy atom. The zero-order valence-electron chi connectivity index (χ0n) is 16.8. The van der Waals surface area contributed by atoms with Crippen molar-refractivity contribution in [3.63, 3.8) is 0 Å². The minimum Gasteiger partial charge on any atom is -0.368 e. The zero-order chi connectivity index (χ0) is 20.4.